The van der Waals surface area contributed by atoms with Gasteiger partial charge in [0, 0.05) is 18.2 Å². The first-order chi connectivity index (χ1) is 8.75. The topological polar surface area (TPSA) is 55.1 Å². The highest BCUT2D eigenvalue weighted by Crippen LogP contribution is 2.22. The molecule has 0 heterocycles. The first-order valence-electron chi connectivity index (χ1n) is 6.87. The number of benzene rings is 1. The lowest BCUT2D eigenvalue weighted by atomic mass is 9.86. The van der Waals surface area contributed by atoms with Crippen molar-refractivity contribution in [3.05, 3.63) is 35.4 Å². The predicted octanol–water partition coefficient (Wildman–Crippen LogP) is 2.70. The zero-order chi connectivity index (χ0) is 14.6. The number of nitrogens with two attached hydrogens (primary N) is 1. The van der Waals surface area contributed by atoms with Crippen LogP contribution in [-0.4, -0.2) is 18.5 Å². The van der Waals surface area contributed by atoms with E-state index in [1.54, 1.807) is 0 Å². The molecule has 0 bridgehead atoms. The first kappa shape index (κ1) is 15.7. The van der Waals surface area contributed by atoms with Gasteiger partial charge in [0.15, 0.2) is 0 Å². The maximum absolute atomic E-state index is 12.1. The SMILES string of the molecule is CC(C)C(CN)NC(=O)c1ccc(C(C)(C)C)cc1. The second-order valence-corrected chi connectivity index (χ2v) is 6.39. The molecule has 19 heavy (non-hydrogen) atoms. The van der Waals surface area contributed by atoms with Gasteiger partial charge in [-0.2, -0.15) is 0 Å². The number of carbonyl (C=O) groups excluding carboxylic acids is 1. The maximum Gasteiger partial charge on any atom is 0.251 e. The summed E-state index contributed by atoms with van der Waals surface area (Å²) in [7, 11) is 0. The molecule has 1 unspecified atom stereocenters. The fraction of sp³-hybridized carbons (Fsp3) is 0.562. The molecule has 106 valence electrons. The molecule has 0 saturated heterocycles. The van der Waals surface area contributed by atoms with Crippen LogP contribution in [0.1, 0.15) is 50.5 Å². The summed E-state index contributed by atoms with van der Waals surface area (Å²) >= 11 is 0. The van der Waals surface area contributed by atoms with E-state index in [1.165, 1.54) is 5.56 Å². The average Bonchev–Trinajstić information content (AvgIpc) is 2.34. The quantitative estimate of drug-likeness (QED) is 0.876. The number of nitrogens with one attached hydrogen (secondary N) is 1. The van der Waals surface area contributed by atoms with Crippen molar-refractivity contribution in [1.82, 2.24) is 5.32 Å². The Balaban J connectivity index is 2.78. The summed E-state index contributed by atoms with van der Waals surface area (Å²) in [5, 5.41) is 2.98. The maximum atomic E-state index is 12.1. The van der Waals surface area contributed by atoms with Gasteiger partial charge in [-0.25, -0.2) is 0 Å². The smallest absolute Gasteiger partial charge is 0.251 e. The third kappa shape index (κ3) is 4.35. The van der Waals surface area contributed by atoms with Gasteiger partial charge in [-0.05, 0) is 29.0 Å². The molecule has 0 aliphatic carbocycles. The molecule has 3 nitrogen and oxygen atoms in total. The number of hydrogen-bond acceptors (Lipinski definition) is 2. The standard InChI is InChI=1S/C16H26N2O/c1-11(2)14(10-17)18-15(19)12-6-8-13(9-7-12)16(3,4)5/h6-9,11,14H,10,17H2,1-5H3,(H,18,19). The highest BCUT2D eigenvalue weighted by Gasteiger charge is 2.17. The van der Waals surface area contributed by atoms with Gasteiger partial charge in [0.05, 0.1) is 0 Å². The van der Waals surface area contributed by atoms with Gasteiger partial charge < -0.3 is 11.1 Å². The fourth-order valence-corrected chi connectivity index (χ4v) is 1.87. The first-order valence-corrected chi connectivity index (χ1v) is 6.87. The van der Waals surface area contributed by atoms with Crippen molar-refractivity contribution >= 4 is 5.91 Å². The monoisotopic (exact) mass is 262 g/mol. The Morgan fingerprint density at radius 1 is 1.21 bits per heavy atom. The molecule has 1 aromatic carbocycles. The molecule has 3 N–H and O–H groups in total. The van der Waals surface area contributed by atoms with Crippen molar-refractivity contribution < 1.29 is 4.79 Å². The van der Waals surface area contributed by atoms with E-state index in [0.29, 0.717) is 18.0 Å². The largest absolute Gasteiger partial charge is 0.348 e. The molecular formula is C16H26N2O. The molecule has 0 aliphatic rings. The van der Waals surface area contributed by atoms with E-state index in [4.69, 9.17) is 5.73 Å². The minimum Gasteiger partial charge on any atom is -0.348 e. The van der Waals surface area contributed by atoms with Crippen LogP contribution in [0.3, 0.4) is 0 Å². The van der Waals surface area contributed by atoms with E-state index in [0.717, 1.165) is 0 Å². The molecule has 1 rings (SSSR count). The molecule has 1 amide bonds. The summed E-state index contributed by atoms with van der Waals surface area (Å²) in [5.41, 5.74) is 7.68. The van der Waals surface area contributed by atoms with E-state index >= 15 is 0 Å². The number of rotatable bonds is 4. The third-order valence-corrected chi connectivity index (χ3v) is 3.39. The van der Waals surface area contributed by atoms with E-state index in [2.05, 4.69) is 39.9 Å². The van der Waals surface area contributed by atoms with Gasteiger partial charge in [0.1, 0.15) is 0 Å². The van der Waals surface area contributed by atoms with Crippen LogP contribution in [-0.2, 0) is 5.41 Å². The summed E-state index contributed by atoms with van der Waals surface area (Å²) in [5.74, 6) is 0.285. The van der Waals surface area contributed by atoms with E-state index in [9.17, 15) is 4.79 Å². The van der Waals surface area contributed by atoms with Crippen molar-refractivity contribution in [3.63, 3.8) is 0 Å². The summed E-state index contributed by atoms with van der Waals surface area (Å²) < 4.78 is 0. The minimum absolute atomic E-state index is 0.0230. The van der Waals surface area contributed by atoms with Gasteiger partial charge in [-0.1, -0.05) is 46.8 Å². The molecular weight excluding hydrogens is 236 g/mol. The van der Waals surface area contributed by atoms with Gasteiger partial charge >= 0.3 is 0 Å². The number of amides is 1. The second kappa shape index (κ2) is 6.20. The Kier molecular flexibility index (Phi) is 5.12. The van der Waals surface area contributed by atoms with Crippen molar-refractivity contribution in [2.75, 3.05) is 6.54 Å². The lowest BCUT2D eigenvalue weighted by Gasteiger charge is -2.21. The Morgan fingerprint density at radius 3 is 2.11 bits per heavy atom. The molecule has 1 atom stereocenters. The van der Waals surface area contributed by atoms with Crippen molar-refractivity contribution in [2.24, 2.45) is 11.7 Å². The molecule has 1 aromatic rings. The molecule has 0 fully saturated rings. The zero-order valence-corrected chi connectivity index (χ0v) is 12.7. The number of carbonyl (C=O) groups is 1. The van der Waals surface area contributed by atoms with Crippen LogP contribution >= 0.6 is 0 Å². The van der Waals surface area contributed by atoms with E-state index in [-0.39, 0.29) is 17.4 Å². The predicted molar refractivity (Wildman–Crippen MR) is 80.3 cm³/mol. The Morgan fingerprint density at radius 2 is 1.74 bits per heavy atom. The molecule has 0 aromatic heterocycles. The van der Waals surface area contributed by atoms with Crippen LogP contribution in [0.25, 0.3) is 0 Å². The molecule has 0 spiro atoms. The summed E-state index contributed by atoms with van der Waals surface area (Å²) in [6.07, 6.45) is 0. The van der Waals surface area contributed by atoms with Crippen LogP contribution in [0.15, 0.2) is 24.3 Å². The van der Waals surface area contributed by atoms with Crippen LogP contribution in [0, 0.1) is 5.92 Å². The second-order valence-electron chi connectivity index (χ2n) is 6.39. The fourth-order valence-electron chi connectivity index (χ4n) is 1.87. The lowest BCUT2D eigenvalue weighted by Crippen LogP contribution is -2.43. The van der Waals surface area contributed by atoms with E-state index in [1.807, 2.05) is 24.3 Å². The molecule has 0 radical (unpaired) electrons. The summed E-state index contributed by atoms with van der Waals surface area (Å²) in [6.45, 7) is 11.0. The van der Waals surface area contributed by atoms with Crippen molar-refractivity contribution in [1.29, 1.82) is 0 Å². The molecule has 3 heteroatoms. The highest BCUT2D eigenvalue weighted by atomic mass is 16.1. The third-order valence-electron chi connectivity index (χ3n) is 3.39. The Bertz CT molecular complexity index is 415. The minimum atomic E-state index is -0.0513. The number of hydrogen-bond donors (Lipinski definition) is 2. The van der Waals surface area contributed by atoms with Gasteiger partial charge in [0.2, 0.25) is 0 Å². The van der Waals surface area contributed by atoms with Crippen LogP contribution in [0.5, 0.6) is 0 Å². The lowest BCUT2D eigenvalue weighted by molar-refractivity contribution is 0.0927. The van der Waals surface area contributed by atoms with Gasteiger partial charge in [0.25, 0.3) is 5.91 Å². The molecule has 0 saturated carbocycles. The summed E-state index contributed by atoms with van der Waals surface area (Å²) in [4.78, 5) is 12.1. The summed E-state index contributed by atoms with van der Waals surface area (Å²) in [6, 6.07) is 7.81. The van der Waals surface area contributed by atoms with Crippen LogP contribution < -0.4 is 11.1 Å². The Labute approximate surface area is 116 Å². The van der Waals surface area contributed by atoms with Crippen LogP contribution in [0.2, 0.25) is 0 Å². The van der Waals surface area contributed by atoms with Crippen LogP contribution in [0.4, 0.5) is 0 Å². The normalized spacial score (nSPS) is 13.4. The van der Waals surface area contributed by atoms with E-state index < -0.39 is 0 Å². The highest BCUT2D eigenvalue weighted by molar-refractivity contribution is 5.94. The average molecular weight is 262 g/mol. The van der Waals surface area contributed by atoms with Gasteiger partial charge in [-0.3, -0.25) is 4.79 Å². The van der Waals surface area contributed by atoms with Crippen molar-refractivity contribution in [3.8, 4) is 0 Å². The van der Waals surface area contributed by atoms with Gasteiger partial charge in [-0.15, -0.1) is 0 Å². The van der Waals surface area contributed by atoms with Crippen molar-refractivity contribution in [2.45, 2.75) is 46.1 Å². The Hall–Kier alpha value is -1.35. The molecule has 0 aliphatic heterocycles. The zero-order valence-electron chi connectivity index (χ0n) is 12.7.